The van der Waals surface area contributed by atoms with Crippen LogP contribution in [0, 0.1) is 0 Å². The second kappa shape index (κ2) is 6.99. The fourth-order valence-corrected chi connectivity index (χ4v) is 4.17. The van der Waals surface area contributed by atoms with Gasteiger partial charge in [-0.05, 0) is 37.1 Å². The Labute approximate surface area is 145 Å². The van der Waals surface area contributed by atoms with Crippen LogP contribution in [0.3, 0.4) is 0 Å². The molecule has 4 nitrogen and oxygen atoms in total. The van der Waals surface area contributed by atoms with Crippen molar-refractivity contribution >= 4 is 28.8 Å². The van der Waals surface area contributed by atoms with Gasteiger partial charge in [-0.15, -0.1) is 11.3 Å². The van der Waals surface area contributed by atoms with Crippen molar-refractivity contribution in [3.8, 4) is 0 Å². The molecule has 2 aromatic rings. The van der Waals surface area contributed by atoms with Crippen LogP contribution in [0.1, 0.15) is 46.7 Å². The summed E-state index contributed by atoms with van der Waals surface area (Å²) in [6.07, 6.45) is 4.76. The Morgan fingerprint density at radius 2 is 2.17 bits per heavy atom. The number of nitrogens with one attached hydrogen (secondary N) is 1. The smallest absolute Gasteiger partial charge is 0.271 e. The molecule has 3 rings (SSSR count). The highest BCUT2D eigenvalue weighted by Gasteiger charge is 2.37. The van der Waals surface area contributed by atoms with Crippen molar-refractivity contribution in [2.24, 2.45) is 5.73 Å². The normalized spacial score (nSPS) is 16.4. The van der Waals surface area contributed by atoms with E-state index in [9.17, 15) is 4.79 Å². The molecular formula is C17H20ClN3OS. The zero-order valence-corrected chi connectivity index (χ0v) is 14.4. The van der Waals surface area contributed by atoms with E-state index in [2.05, 4.69) is 10.3 Å². The predicted octanol–water partition coefficient (Wildman–Crippen LogP) is 3.50. The van der Waals surface area contributed by atoms with E-state index < -0.39 is 0 Å². The van der Waals surface area contributed by atoms with E-state index in [1.165, 1.54) is 11.3 Å². The van der Waals surface area contributed by atoms with Gasteiger partial charge in [-0.1, -0.05) is 36.6 Å². The van der Waals surface area contributed by atoms with Crippen molar-refractivity contribution in [1.29, 1.82) is 0 Å². The highest BCUT2D eigenvalue weighted by atomic mass is 35.5. The Hall–Kier alpha value is -1.43. The lowest BCUT2D eigenvalue weighted by atomic mass is 9.88. The van der Waals surface area contributed by atoms with Crippen molar-refractivity contribution in [3.05, 3.63) is 50.9 Å². The summed E-state index contributed by atoms with van der Waals surface area (Å²) < 4.78 is 0. The van der Waals surface area contributed by atoms with Gasteiger partial charge in [-0.2, -0.15) is 0 Å². The highest BCUT2D eigenvalue weighted by molar-refractivity contribution is 7.09. The lowest BCUT2D eigenvalue weighted by Gasteiger charge is -2.31. The van der Waals surface area contributed by atoms with E-state index in [-0.39, 0.29) is 11.4 Å². The molecule has 0 radical (unpaired) electrons. The second-order valence-corrected chi connectivity index (χ2v) is 7.30. The summed E-state index contributed by atoms with van der Waals surface area (Å²) in [4.78, 5) is 17.0. The summed E-state index contributed by atoms with van der Waals surface area (Å²) in [5.41, 5.74) is 6.76. The van der Waals surface area contributed by atoms with Crippen LogP contribution in [0.2, 0.25) is 5.02 Å². The highest BCUT2D eigenvalue weighted by Crippen LogP contribution is 2.39. The van der Waals surface area contributed by atoms with Gasteiger partial charge in [0.2, 0.25) is 0 Å². The van der Waals surface area contributed by atoms with E-state index in [1.54, 1.807) is 5.38 Å². The fourth-order valence-electron chi connectivity index (χ4n) is 3.19. The molecule has 6 heteroatoms. The minimum Gasteiger partial charge on any atom is -0.341 e. The molecule has 122 valence electrons. The van der Waals surface area contributed by atoms with Crippen molar-refractivity contribution in [1.82, 2.24) is 10.3 Å². The summed E-state index contributed by atoms with van der Waals surface area (Å²) >= 11 is 7.63. The van der Waals surface area contributed by atoms with Crippen LogP contribution in [0.4, 0.5) is 0 Å². The van der Waals surface area contributed by atoms with Crippen LogP contribution >= 0.6 is 22.9 Å². The van der Waals surface area contributed by atoms with Gasteiger partial charge in [0.15, 0.2) is 0 Å². The summed E-state index contributed by atoms with van der Waals surface area (Å²) in [7, 11) is 0. The number of carbonyl (C=O) groups is 1. The van der Waals surface area contributed by atoms with Crippen LogP contribution in [-0.2, 0) is 12.0 Å². The molecule has 0 atom stereocenters. The third-order valence-electron chi connectivity index (χ3n) is 4.33. The van der Waals surface area contributed by atoms with Crippen LogP contribution in [-0.4, -0.2) is 17.4 Å². The number of nitrogens with two attached hydrogens (primary N) is 1. The van der Waals surface area contributed by atoms with Gasteiger partial charge < -0.3 is 11.1 Å². The largest absolute Gasteiger partial charge is 0.341 e. The molecule has 1 aromatic heterocycles. The summed E-state index contributed by atoms with van der Waals surface area (Å²) in [5, 5.41) is 6.63. The number of hydrogen-bond acceptors (Lipinski definition) is 4. The van der Waals surface area contributed by atoms with Crippen LogP contribution in [0.25, 0.3) is 0 Å². The lowest BCUT2D eigenvalue weighted by Crippen LogP contribution is -2.44. The first kappa shape index (κ1) is 16.4. The first-order valence-electron chi connectivity index (χ1n) is 7.86. The van der Waals surface area contributed by atoms with Gasteiger partial charge in [0.05, 0.1) is 10.5 Å². The molecule has 0 bridgehead atoms. The van der Waals surface area contributed by atoms with Gasteiger partial charge in [0.25, 0.3) is 5.91 Å². The standard InChI is InChI=1S/C17H20ClN3OS/c18-13-5-3-4-12(10-13)17(7-1-2-8-17)21-16(22)14-11-23-15(20-14)6-9-19/h3-5,10-11H,1-2,6-9,19H2,(H,21,22). The number of halogens is 1. The van der Waals surface area contributed by atoms with Gasteiger partial charge in [0.1, 0.15) is 5.69 Å². The average molecular weight is 350 g/mol. The zero-order chi connectivity index (χ0) is 16.3. The molecule has 1 aromatic carbocycles. The maximum atomic E-state index is 12.7. The van der Waals surface area contributed by atoms with Gasteiger partial charge in [-0.3, -0.25) is 4.79 Å². The van der Waals surface area contributed by atoms with Crippen molar-refractivity contribution < 1.29 is 4.79 Å². The molecule has 0 spiro atoms. The number of thiazole rings is 1. The lowest BCUT2D eigenvalue weighted by molar-refractivity contribution is 0.0893. The van der Waals surface area contributed by atoms with Gasteiger partial charge >= 0.3 is 0 Å². The van der Waals surface area contributed by atoms with Gasteiger partial charge in [0, 0.05) is 16.8 Å². The molecule has 1 aliphatic rings. The quantitative estimate of drug-likeness (QED) is 0.868. The molecule has 0 unspecified atom stereocenters. The average Bonchev–Trinajstić information content (AvgIpc) is 3.18. The monoisotopic (exact) mass is 349 g/mol. The fraction of sp³-hybridized carbons (Fsp3) is 0.412. The second-order valence-electron chi connectivity index (χ2n) is 5.92. The molecule has 1 fully saturated rings. The predicted molar refractivity (Wildman–Crippen MR) is 93.9 cm³/mol. The molecule has 23 heavy (non-hydrogen) atoms. The Kier molecular flexibility index (Phi) is 4.99. The molecule has 1 aliphatic carbocycles. The maximum absolute atomic E-state index is 12.7. The number of benzene rings is 1. The number of rotatable bonds is 5. The minimum atomic E-state index is -0.334. The number of carbonyl (C=O) groups excluding carboxylic acids is 1. The first-order chi connectivity index (χ1) is 11.1. The molecule has 1 heterocycles. The van der Waals surface area contributed by atoms with Crippen molar-refractivity contribution in [2.45, 2.75) is 37.6 Å². The van der Waals surface area contributed by atoms with E-state index in [0.717, 1.165) is 36.3 Å². The molecule has 3 N–H and O–H groups in total. The molecule has 1 saturated carbocycles. The van der Waals surface area contributed by atoms with Crippen LogP contribution in [0.5, 0.6) is 0 Å². The Morgan fingerprint density at radius 3 is 2.87 bits per heavy atom. The first-order valence-corrected chi connectivity index (χ1v) is 9.12. The number of aromatic nitrogens is 1. The van der Waals surface area contributed by atoms with E-state index in [0.29, 0.717) is 23.7 Å². The number of amides is 1. The van der Waals surface area contributed by atoms with E-state index in [4.69, 9.17) is 17.3 Å². The number of nitrogens with zero attached hydrogens (tertiary/aromatic N) is 1. The van der Waals surface area contributed by atoms with Crippen molar-refractivity contribution in [2.75, 3.05) is 6.54 Å². The van der Waals surface area contributed by atoms with Crippen LogP contribution in [0.15, 0.2) is 29.6 Å². The third-order valence-corrected chi connectivity index (χ3v) is 5.47. The zero-order valence-electron chi connectivity index (χ0n) is 12.8. The Balaban J connectivity index is 1.83. The molecule has 0 aliphatic heterocycles. The number of hydrogen-bond donors (Lipinski definition) is 2. The molecule has 1 amide bonds. The van der Waals surface area contributed by atoms with E-state index in [1.807, 2.05) is 24.3 Å². The molecule has 0 saturated heterocycles. The van der Waals surface area contributed by atoms with Crippen LogP contribution < -0.4 is 11.1 Å². The SMILES string of the molecule is NCCc1nc(C(=O)NC2(c3cccc(Cl)c3)CCCC2)cs1. The van der Waals surface area contributed by atoms with E-state index >= 15 is 0 Å². The Morgan fingerprint density at radius 1 is 1.39 bits per heavy atom. The topological polar surface area (TPSA) is 68.0 Å². The third kappa shape index (κ3) is 3.57. The summed E-state index contributed by atoms with van der Waals surface area (Å²) in [6, 6.07) is 7.79. The molecular weight excluding hydrogens is 330 g/mol. The van der Waals surface area contributed by atoms with Crippen molar-refractivity contribution in [3.63, 3.8) is 0 Å². The summed E-state index contributed by atoms with van der Waals surface area (Å²) in [5.74, 6) is -0.119. The minimum absolute atomic E-state index is 0.119. The van der Waals surface area contributed by atoms with Gasteiger partial charge in [-0.25, -0.2) is 4.98 Å². The maximum Gasteiger partial charge on any atom is 0.271 e. The summed E-state index contributed by atoms with van der Waals surface area (Å²) in [6.45, 7) is 0.543. The Bertz CT molecular complexity index is 695.